The van der Waals surface area contributed by atoms with Crippen LogP contribution < -0.4 is 5.32 Å². The third-order valence-electron chi connectivity index (χ3n) is 17.7. The molecule has 3 saturated heterocycles. The Hall–Kier alpha value is -1.21. The van der Waals surface area contributed by atoms with Crippen molar-refractivity contribution in [3.63, 3.8) is 0 Å². The zero-order valence-electron chi connectivity index (χ0n) is 52.4. The Morgan fingerprint density at radius 1 is 0.381 bits per heavy atom. The Morgan fingerprint density at radius 3 is 1.04 bits per heavy atom. The van der Waals surface area contributed by atoms with Gasteiger partial charge in [-0.25, -0.2) is 0 Å². The zero-order valence-corrected chi connectivity index (χ0v) is 52.4. The molecule has 0 bridgehead atoms. The summed E-state index contributed by atoms with van der Waals surface area (Å²) >= 11 is 0. The van der Waals surface area contributed by atoms with Gasteiger partial charge in [-0.15, -0.1) is 0 Å². The number of aliphatic hydroxyl groups is 11. The number of ether oxygens (including phenoxy) is 6. The summed E-state index contributed by atoms with van der Waals surface area (Å²) in [6.07, 6.45) is 24.1. The van der Waals surface area contributed by atoms with Gasteiger partial charge in [0.15, 0.2) is 18.9 Å². The molecular weight excluding hydrogens is 1080 g/mol. The van der Waals surface area contributed by atoms with Crippen LogP contribution in [0.4, 0.5) is 0 Å². The zero-order chi connectivity index (χ0) is 61.2. The Morgan fingerprint density at radius 2 is 0.679 bits per heavy atom. The van der Waals surface area contributed by atoms with E-state index in [0.29, 0.717) is 12.8 Å². The molecule has 3 fully saturated rings. The number of carbonyl (C=O) groups is 1. The van der Waals surface area contributed by atoms with Crippen LogP contribution in [-0.4, -0.2) is 193 Å². The lowest BCUT2D eigenvalue weighted by molar-refractivity contribution is -0.379. The number of hydrogen-bond donors (Lipinski definition) is 12. The maximum Gasteiger partial charge on any atom is 0.220 e. The monoisotopic (exact) mass is 1210 g/mol. The fraction of sp³-hybridized carbons (Fsp3) is 0.985. The normalized spacial score (nSPS) is 29.1. The maximum absolute atomic E-state index is 13.3. The van der Waals surface area contributed by atoms with Gasteiger partial charge in [0.1, 0.15) is 73.2 Å². The molecule has 0 aromatic heterocycles. The van der Waals surface area contributed by atoms with Crippen molar-refractivity contribution in [3.8, 4) is 0 Å². The highest BCUT2D eigenvalue weighted by molar-refractivity contribution is 5.76. The van der Waals surface area contributed by atoms with Crippen molar-refractivity contribution < 1.29 is 89.4 Å². The van der Waals surface area contributed by atoms with Crippen LogP contribution in [0.15, 0.2) is 0 Å². The van der Waals surface area contributed by atoms with Crippen molar-refractivity contribution >= 4 is 5.91 Å². The van der Waals surface area contributed by atoms with Gasteiger partial charge in [0.25, 0.3) is 0 Å². The average Bonchev–Trinajstić information content (AvgIpc) is 2.96. The number of carbonyl (C=O) groups excluding carboxylic acids is 1. The van der Waals surface area contributed by atoms with Crippen molar-refractivity contribution in [1.29, 1.82) is 0 Å². The molecular formula is C65H125NO18. The Labute approximate surface area is 506 Å². The first-order valence-corrected chi connectivity index (χ1v) is 34.3. The summed E-state index contributed by atoms with van der Waals surface area (Å²) in [4.78, 5) is 13.3. The summed E-state index contributed by atoms with van der Waals surface area (Å²) < 4.78 is 34.2. The van der Waals surface area contributed by atoms with Gasteiger partial charge >= 0.3 is 0 Å². The number of nitrogens with one attached hydrogen (secondary N) is 1. The molecule has 0 aliphatic carbocycles. The quantitative estimate of drug-likeness (QED) is 0.0255. The minimum absolute atomic E-state index is 0.241. The van der Waals surface area contributed by atoms with Crippen molar-refractivity contribution in [1.82, 2.24) is 5.32 Å². The second kappa shape index (κ2) is 48.6. The number of unbranched alkanes of at least 4 members (excludes halogenated alkanes) is 37. The number of amides is 1. The van der Waals surface area contributed by atoms with Crippen LogP contribution in [0.1, 0.15) is 277 Å². The standard InChI is InChI=1S/C65H125NO18/c1-3-5-7-9-11-12-13-14-15-16-17-18-19-20-21-22-23-24-25-26-27-28-29-30-31-32-33-34-35-37-39-41-43-53(71)66-48(49(70)42-40-38-36-10-8-6-4-2)47-79-63-59(77)56(74)61(51(45-68)81-63)84-65-60(78)57(75)62(52(46-69)82-65)83-64-58(76)55(73)54(72)50(44-67)80-64/h48-52,54-65,67-70,72-78H,3-47H2,1-2H3,(H,66,71). The minimum atomic E-state index is -1.97. The van der Waals surface area contributed by atoms with Crippen LogP contribution >= 0.6 is 0 Å². The van der Waals surface area contributed by atoms with Gasteiger partial charge in [-0.3, -0.25) is 4.79 Å². The van der Waals surface area contributed by atoms with Crippen molar-refractivity contribution in [2.75, 3.05) is 26.4 Å². The largest absolute Gasteiger partial charge is 0.394 e. The molecule has 19 nitrogen and oxygen atoms in total. The molecule has 3 rings (SSSR count). The van der Waals surface area contributed by atoms with E-state index in [2.05, 4.69) is 19.2 Å². The molecule has 1 amide bonds. The highest BCUT2D eigenvalue weighted by Gasteiger charge is 2.53. The molecule has 0 spiro atoms. The molecule has 17 atom stereocenters. The van der Waals surface area contributed by atoms with Gasteiger partial charge in [-0.1, -0.05) is 258 Å². The first kappa shape index (κ1) is 77.0. The van der Waals surface area contributed by atoms with E-state index in [1.807, 2.05) is 0 Å². The predicted molar refractivity (Wildman–Crippen MR) is 324 cm³/mol. The first-order chi connectivity index (χ1) is 40.8. The number of hydrogen-bond acceptors (Lipinski definition) is 18. The van der Waals surface area contributed by atoms with Gasteiger partial charge in [-0.05, 0) is 12.8 Å². The summed E-state index contributed by atoms with van der Waals surface area (Å²) in [5.74, 6) is -0.241. The Balaban J connectivity index is 1.29. The molecule has 0 aromatic rings. The lowest BCUT2D eigenvalue weighted by atomic mass is 9.96. The molecule has 19 heteroatoms. The van der Waals surface area contributed by atoms with Gasteiger partial charge < -0.3 is 89.9 Å². The Bertz CT molecular complexity index is 1540. The SMILES string of the molecule is CCCCCCCCCCCCCCCCCCCCCCCCCCCCCCCCCCC(=O)NC(COC1OC(CO)C(OC2OC(CO)C(OC3OC(CO)C(O)C(O)C3O)C(O)C2O)C(O)C1O)C(O)CCCCCCCCC. The topological polar surface area (TPSA) is 307 Å². The van der Waals surface area contributed by atoms with Crippen LogP contribution in [0, 0.1) is 0 Å². The van der Waals surface area contributed by atoms with E-state index in [-0.39, 0.29) is 18.9 Å². The number of aliphatic hydroxyl groups excluding tert-OH is 11. The number of rotatable bonds is 53. The molecule has 17 unspecified atom stereocenters. The molecule has 3 aliphatic heterocycles. The molecule has 0 aromatic carbocycles. The molecule has 498 valence electrons. The van der Waals surface area contributed by atoms with Crippen molar-refractivity contribution in [2.45, 2.75) is 381 Å². The highest BCUT2D eigenvalue weighted by atomic mass is 16.8. The first-order valence-electron chi connectivity index (χ1n) is 34.3. The highest BCUT2D eigenvalue weighted by Crippen LogP contribution is 2.33. The lowest BCUT2D eigenvalue weighted by Crippen LogP contribution is -2.66. The van der Waals surface area contributed by atoms with Crippen molar-refractivity contribution in [3.05, 3.63) is 0 Å². The van der Waals surface area contributed by atoms with E-state index in [4.69, 9.17) is 28.4 Å². The molecule has 12 N–H and O–H groups in total. The molecule has 84 heavy (non-hydrogen) atoms. The Kier molecular flexibility index (Phi) is 44.6. The lowest BCUT2D eigenvalue weighted by Gasteiger charge is -2.48. The van der Waals surface area contributed by atoms with Crippen LogP contribution in [0.3, 0.4) is 0 Å². The second-order valence-corrected chi connectivity index (χ2v) is 25.0. The fourth-order valence-electron chi connectivity index (χ4n) is 12.1. The average molecular weight is 1210 g/mol. The summed E-state index contributed by atoms with van der Waals surface area (Å²) in [5.41, 5.74) is 0. The summed E-state index contributed by atoms with van der Waals surface area (Å²) in [6, 6.07) is -0.878. The van der Waals surface area contributed by atoms with Crippen LogP contribution in [0.25, 0.3) is 0 Å². The third-order valence-corrected chi connectivity index (χ3v) is 17.7. The minimum Gasteiger partial charge on any atom is -0.394 e. The van der Waals surface area contributed by atoms with E-state index in [1.54, 1.807) is 0 Å². The van der Waals surface area contributed by atoms with Crippen LogP contribution in [0.2, 0.25) is 0 Å². The summed E-state index contributed by atoms with van der Waals surface area (Å²) in [5, 5.41) is 120. The molecule has 3 heterocycles. The molecule has 0 saturated carbocycles. The van der Waals surface area contributed by atoms with E-state index in [9.17, 15) is 61.0 Å². The van der Waals surface area contributed by atoms with Gasteiger partial charge in [0, 0.05) is 6.42 Å². The second-order valence-electron chi connectivity index (χ2n) is 25.0. The molecule has 0 radical (unpaired) electrons. The smallest absolute Gasteiger partial charge is 0.220 e. The summed E-state index contributed by atoms with van der Waals surface area (Å²) in [7, 11) is 0. The predicted octanol–water partition coefficient (Wildman–Crippen LogP) is 8.33. The van der Waals surface area contributed by atoms with E-state index < -0.39 is 124 Å². The van der Waals surface area contributed by atoms with Gasteiger partial charge in [0.2, 0.25) is 5.91 Å². The van der Waals surface area contributed by atoms with E-state index >= 15 is 0 Å². The third kappa shape index (κ3) is 31.0. The van der Waals surface area contributed by atoms with E-state index in [0.717, 1.165) is 57.8 Å². The molecule has 3 aliphatic rings. The maximum atomic E-state index is 13.3. The van der Waals surface area contributed by atoms with Gasteiger partial charge in [0.05, 0.1) is 38.6 Å². The van der Waals surface area contributed by atoms with Crippen LogP contribution in [0.5, 0.6) is 0 Å². The van der Waals surface area contributed by atoms with Crippen molar-refractivity contribution in [2.24, 2.45) is 0 Å². The van der Waals surface area contributed by atoms with E-state index in [1.165, 1.54) is 186 Å². The fourth-order valence-corrected chi connectivity index (χ4v) is 12.1. The summed E-state index contributed by atoms with van der Waals surface area (Å²) in [6.45, 7) is 1.76. The van der Waals surface area contributed by atoms with Crippen LogP contribution in [-0.2, 0) is 33.2 Å². The van der Waals surface area contributed by atoms with Gasteiger partial charge in [-0.2, -0.15) is 0 Å².